The highest BCUT2D eigenvalue weighted by atomic mass is 79.9. The first kappa shape index (κ1) is 13.4. The van der Waals surface area contributed by atoms with E-state index in [1.165, 1.54) is 5.56 Å². The number of aryl methyl sites for hydroxylation is 1. The molecule has 2 aromatic rings. The molecular formula is C14H18BrNO2. The van der Waals surface area contributed by atoms with Gasteiger partial charge in [-0.25, -0.2) is 4.79 Å². The van der Waals surface area contributed by atoms with Crippen molar-refractivity contribution in [3.63, 3.8) is 0 Å². The molecule has 4 heteroatoms. The second-order valence-corrected chi connectivity index (χ2v) is 5.61. The summed E-state index contributed by atoms with van der Waals surface area (Å²) in [6.45, 7) is 4.91. The SMILES string of the molecule is CCCC(Br)c1ccc2c(c1)oc(=O)n2CCC. The van der Waals surface area contributed by atoms with E-state index in [1.807, 2.05) is 12.1 Å². The predicted octanol–water partition coefficient (Wildman–Crippen LogP) is 4.24. The molecule has 1 heterocycles. The first-order valence-electron chi connectivity index (χ1n) is 6.44. The van der Waals surface area contributed by atoms with Gasteiger partial charge in [0.1, 0.15) is 0 Å². The van der Waals surface area contributed by atoms with E-state index in [-0.39, 0.29) is 5.76 Å². The third-order valence-electron chi connectivity index (χ3n) is 3.04. The van der Waals surface area contributed by atoms with E-state index in [0.29, 0.717) is 17.0 Å². The monoisotopic (exact) mass is 311 g/mol. The lowest BCUT2D eigenvalue weighted by atomic mass is 10.1. The molecule has 0 aliphatic carbocycles. The Kier molecular flexibility index (Phi) is 4.27. The standard InChI is InChI=1S/C14H18BrNO2/c1-3-5-11(15)10-6-7-12-13(9-10)18-14(17)16(12)8-4-2/h6-7,9,11H,3-5,8H2,1-2H3. The average Bonchev–Trinajstić information content (AvgIpc) is 2.66. The van der Waals surface area contributed by atoms with Crippen LogP contribution in [0.4, 0.5) is 0 Å². The molecule has 1 aromatic carbocycles. The lowest BCUT2D eigenvalue weighted by molar-refractivity contribution is 0.502. The van der Waals surface area contributed by atoms with Gasteiger partial charge in [-0.15, -0.1) is 0 Å². The molecule has 1 aromatic heterocycles. The molecule has 0 aliphatic rings. The highest BCUT2D eigenvalue weighted by Gasteiger charge is 2.12. The minimum absolute atomic E-state index is 0.259. The Balaban J connectivity index is 2.44. The number of hydrogen-bond acceptors (Lipinski definition) is 2. The maximum atomic E-state index is 11.7. The van der Waals surface area contributed by atoms with E-state index >= 15 is 0 Å². The molecule has 0 amide bonds. The minimum Gasteiger partial charge on any atom is -0.408 e. The second kappa shape index (κ2) is 5.74. The number of alkyl halides is 1. The maximum absolute atomic E-state index is 11.7. The summed E-state index contributed by atoms with van der Waals surface area (Å²) in [5.41, 5.74) is 2.75. The summed E-state index contributed by atoms with van der Waals surface area (Å²) in [5.74, 6) is -0.259. The van der Waals surface area contributed by atoms with Gasteiger partial charge in [-0.1, -0.05) is 42.3 Å². The molecule has 0 radical (unpaired) electrons. The number of oxazole rings is 1. The summed E-state index contributed by atoms with van der Waals surface area (Å²) in [6.07, 6.45) is 3.12. The van der Waals surface area contributed by atoms with Crippen molar-refractivity contribution < 1.29 is 4.42 Å². The summed E-state index contributed by atoms with van der Waals surface area (Å²) >= 11 is 3.66. The van der Waals surface area contributed by atoms with Crippen LogP contribution in [-0.2, 0) is 6.54 Å². The van der Waals surface area contributed by atoms with Gasteiger partial charge >= 0.3 is 5.76 Å². The highest BCUT2D eigenvalue weighted by molar-refractivity contribution is 9.09. The summed E-state index contributed by atoms with van der Waals surface area (Å²) in [7, 11) is 0. The van der Waals surface area contributed by atoms with Crippen molar-refractivity contribution in [2.45, 2.75) is 44.5 Å². The normalized spacial score (nSPS) is 13.1. The van der Waals surface area contributed by atoms with Gasteiger partial charge in [-0.2, -0.15) is 0 Å². The van der Waals surface area contributed by atoms with E-state index < -0.39 is 0 Å². The molecule has 98 valence electrons. The van der Waals surface area contributed by atoms with Gasteiger partial charge in [-0.3, -0.25) is 4.57 Å². The molecule has 0 fully saturated rings. The van der Waals surface area contributed by atoms with Gasteiger partial charge in [0.05, 0.1) is 5.52 Å². The smallest absolute Gasteiger partial charge is 0.408 e. The Hall–Kier alpha value is -1.03. The van der Waals surface area contributed by atoms with Crippen LogP contribution in [0, 0.1) is 0 Å². The topological polar surface area (TPSA) is 35.1 Å². The fourth-order valence-corrected chi connectivity index (χ4v) is 2.88. The van der Waals surface area contributed by atoms with E-state index in [2.05, 4.69) is 35.8 Å². The van der Waals surface area contributed by atoms with Crippen LogP contribution in [-0.4, -0.2) is 4.57 Å². The molecule has 1 atom stereocenters. The van der Waals surface area contributed by atoms with Gasteiger partial charge in [-0.05, 0) is 30.5 Å². The Morgan fingerprint density at radius 1 is 1.33 bits per heavy atom. The maximum Gasteiger partial charge on any atom is 0.419 e. The first-order valence-corrected chi connectivity index (χ1v) is 7.36. The summed E-state index contributed by atoms with van der Waals surface area (Å²) in [5, 5.41) is 0. The number of fused-ring (bicyclic) bond motifs is 1. The third kappa shape index (κ3) is 2.53. The quantitative estimate of drug-likeness (QED) is 0.774. The fourth-order valence-electron chi connectivity index (χ4n) is 2.13. The van der Waals surface area contributed by atoms with Crippen LogP contribution in [0.3, 0.4) is 0 Å². The van der Waals surface area contributed by atoms with Gasteiger partial charge in [0.15, 0.2) is 5.58 Å². The zero-order chi connectivity index (χ0) is 13.1. The molecule has 0 N–H and O–H groups in total. The molecular weight excluding hydrogens is 294 g/mol. The third-order valence-corrected chi connectivity index (χ3v) is 4.03. The van der Waals surface area contributed by atoms with Gasteiger partial charge in [0.2, 0.25) is 0 Å². The van der Waals surface area contributed by atoms with E-state index in [1.54, 1.807) is 4.57 Å². The summed E-state index contributed by atoms with van der Waals surface area (Å²) < 4.78 is 7.00. The summed E-state index contributed by atoms with van der Waals surface area (Å²) in [4.78, 5) is 12.0. The summed E-state index contributed by atoms with van der Waals surface area (Å²) in [6, 6.07) is 6.02. The van der Waals surface area contributed by atoms with Crippen LogP contribution in [0.15, 0.2) is 27.4 Å². The number of rotatable bonds is 5. The zero-order valence-electron chi connectivity index (χ0n) is 10.8. The number of benzene rings is 1. The molecule has 0 bridgehead atoms. The molecule has 3 nitrogen and oxygen atoms in total. The Bertz CT molecular complexity index is 585. The van der Waals surface area contributed by atoms with E-state index in [4.69, 9.17) is 4.42 Å². The van der Waals surface area contributed by atoms with E-state index in [9.17, 15) is 4.79 Å². The van der Waals surface area contributed by atoms with Crippen LogP contribution < -0.4 is 5.76 Å². The fraction of sp³-hybridized carbons (Fsp3) is 0.500. The molecule has 2 rings (SSSR count). The van der Waals surface area contributed by atoms with Crippen LogP contribution in [0.5, 0.6) is 0 Å². The zero-order valence-corrected chi connectivity index (χ0v) is 12.4. The highest BCUT2D eigenvalue weighted by Crippen LogP contribution is 2.29. The molecule has 0 saturated heterocycles. The van der Waals surface area contributed by atoms with Crippen molar-refractivity contribution in [3.05, 3.63) is 34.3 Å². The number of aromatic nitrogens is 1. The molecule has 0 spiro atoms. The minimum atomic E-state index is -0.259. The van der Waals surface area contributed by atoms with Crippen LogP contribution in [0.2, 0.25) is 0 Å². The van der Waals surface area contributed by atoms with Crippen LogP contribution in [0.25, 0.3) is 11.1 Å². The largest absolute Gasteiger partial charge is 0.419 e. The van der Waals surface area contributed by atoms with Crippen molar-refractivity contribution in [1.29, 1.82) is 0 Å². The molecule has 0 saturated carbocycles. The number of halogens is 1. The molecule has 18 heavy (non-hydrogen) atoms. The predicted molar refractivity (Wildman–Crippen MR) is 77.3 cm³/mol. The van der Waals surface area contributed by atoms with Gasteiger partial charge in [0.25, 0.3) is 0 Å². The Morgan fingerprint density at radius 2 is 2.11 bits per heavy atom. The Labute approximate surface area is 115 Å². The van der Waals surface area contributed by atoms with Crippen molar-refractivity contribution in [2.75, 3.05) is 0 Å². The first-order chi connectivity index (χ1) is 8.67. The lowest BCUT2D eigenvalue weighted by Crippen LogP contribution is -2.13. The van der Waals surface area contributed by atoms with E-state index in [0.717, 1.165) is 24.8 Å². The molecule has 1 unspecified atom stereocenters. The van der Waals surface area contributed by atoms with Gasteiger partial charge in [0, 0.05) is 11.4 Å². The van der Waals surface area contributed by atoms with Crippen LogP contribution >= 0.6 is 15.9 Å². The number of hydrogen-bond donors (Lipinski definition) is 0. The average molecular weight is 312 g/mol. The van der Waals surface area contributed by atoms with Crippen LogP contribution in [0.1, 0.15) is 43.5 Å². The van der Waals surface area contributed by atoms with Gasteiger partial charge < -0.3 is 4.42 Å². The van der Waals surface area contributed by atoms with Crippen molar-refractivity contribution in [1.82, 2.24) is 4.57 Å². The lowest BCUT2D eigenvalue weighted by Gasteiger charge is -2.08. The van der Waals surface area contributed by atoms with Crippen molar-refractivity contribution >= 4 is 27.0 Å². The molecule has 0 aliphatic heterocycles. The van der Waals surface area contributed by atoms with Crippen molar-refractivity contribution in [3.8, 4) is 0 Å². The Morgan fingerprint density at radius 3 is 2.78 bits per heavy atom. The second-order valence-electron chi connectivity index (χ2n) is 4.50. The number of nitrogens with zero attached hydrogens (tertiary/aromatic N) is 1. The van der Waals surface area contributed by atoms with Crippen molar-refractivity contribution in [2.24, 2.45) is 0 Å².